The quantitative estimate of drug-likeness (QED) is 0.757. The summed E-state index contributed by atoms with van der Waals surface area (Å²) in [5.74, 6) is 0. The number of benzene rings is 2. The molecule has 0 aliphatic carbocycles. The molecule has 1 atom stereocenters. The molecule has 3 heteroatoms. The maximum atomic E-state index is 10.9. The van der Waals surface area contributed by atoms with Crippen molar-refractivity contribution < 1.29 is 10.2 Å². The third kappa shape index (κ3) is 2.16. The molecule has 0 aliphatic heterocycles. The zero-order valence-corrected chi connectivity index (χ0v) is 10.0. The maximum Gasteiger partial charge on any atom is 0.132 e. The van der Waals surface area contributed by atoms with Gasteiger partial charge in [-0.25, -0.2) is 0 Å². The number of aliphatic hydroxyl groups excluding tert-OH is 1. The van der Waals surface area contributed by atoms with Crippen LogP contribution in [0.1, 0.15) is 11.1 Å². The average Bonchev–Trinajstić information content (AvgIpc) is 2.47. The Balaban J connectivity index is 2.55. The van der Waals surface area contributed by atoms with Crippen molar-refractivity contribution in [3.63, 3.8) is 0 Å². The van der Waals surface area contributed by atoms with Gasteiger partial charge in [0.25, 0.3) is 0 Å². The summed E-state index contributed by atoms with van der Waals surface area (Å²) in [6.45, 7) is -0.291. The summed E-state index contributed by atoms with van der Waals surface area (Å²) in [5, 5.41) is 20.2. The summed E-state index contributed by atoms with van der Waals surface area (Å²) >= 11 is 0. The van der Waals surface area contributed by atoms with E-state index >= 15 is 0 Å². The van der Waals surface area contributed by atoms with Crippen LogP contribution in [0.5, 0.6) is 0 Å². The molecule has 2 rings (SSSR count). The van der Waals surface area contributed by atoms with Crippen molar-refractivity contribution in [3.05, 3.63) is 71.8 Å². The van der Waals surface area contributed by atoms with Gasteiger partial charge in [-0.2, -0.15) is 0 Å². The second kappa shape index (κ2) is 5.31. The van der Waals surface area contributed by atoms with Crippen molar-refractivity contribution in [1.82, 2.24) is 0 Å². The molecule has 0 saturated carbocycles. The first-order chi connectivity index (χ1) is 8.69. The summed E-state index contributed by atoms with van der Waals surface area (Å²) < 4.78 is 0. The van der Waals surface area contributed by atoms with Crippen LogP contribution in [0.25, 0.3) is 0 Å². The fraction of sp³-hybridized carbons (Fsp3) is 0.200. The van der Waals surface area contributed by atoms with Crippen molar-refractivity contribution in [1.29, 1.82) is 0 Å². The Morgan fingerprint density at radius 3 is 1.61 bits per heavy atom. The minimum Gasteiger partial charge on any atom is -0.395 e. The van der Waals surface area contributed by atoms with E-state index in [0.29, 0.717) is 11.1 Å². The van der Waals surface area contributed by atoms with E-state index in [4.69, 9.17) is 5.73 Å². The lowest BCUT2D eigenvalue weighted by molar-refractivity contribution is 0.0292. The third-order valence-corrected chi connectivity index (χ3v) is 3.16. The van der Waals surface area contributed by atoms with Gasteiger partial charge in [-0.1, -0.05) is 60.7 Å². The van der Waals surface area contributed by atoms with E-state index in [1.54, 1.807) is 0 Å². The van der Waals surface area contributed by atoms with Gasteiger partial charge in [0.1, 0.15) is 5.60 Å². The van der Waals surface area contributed by atoms with Crippen LogP contribution in [0.2, 0.25) is 0 Å². The van der Waals surface area contributed by atoms with Gasteiger partial charge in [-0.05, 0) is 11.1 Å². The lowest BCUT2D eigenvalue weighted by Gasteiger charge is -2.34. The number of nitrogens with two attached hydrogens (primary N) is 1. The maximum absolute atomic E-state index is 10.9. The number of hydrogen-bond acceptors (Lipinski definition) is 3. The van der Waals surface area contributed by atoms with E-state index in [9.17, 15) is 10.2 Å². The summed E-state index contributed by atoms with van der Waals surface area (Å²) in [6.07, 6.45) is 0. The summed E-state index contributed by atoms with van der Waals surface area (Å²) in [5.41, 5.74) is 5.89. The largest absolute Gasteiger partial charge is 0.395 e. The molecular formula is C15H17NO2. The molecule has 0 amide bonds. The van der Waals surface area contributed by atoms with Gasteiger partial charge in [0.2, 0.25) is 0 Å². The van der Waals surface area contributed by atoms with E-state index in [2.05, 4.69) is 0 Å². The molecule has 0 saturated heterocycles. The predicted molar refractivity (Wildman–Crippen MR) is 70.9 cm³/mol. The first-order valence-electron chi connectivity index (χ1n) is 5.89. The highest BCUT2D eigenvalue weighted by atomic mass is 16.3. The monoisotopic (exact) mass is 243 g/mol. The molecule has 4 N–H and O–H groups in total. The van der Waals surface area contributed by atoms with Crippen LogP contribution >= 0.6 is 0 Å². The normalized spacial score (nSPS) is 13.3. The molecule has 0 aromatic heterocycles. The van der Waals surface area contributed by atoms with Gasteiger partial charge in [-0.15, -0.1) is 0 Å². The molecule has 2 aromatic rings. The minimum atomic E-state index is -1.38. The highest BCUT2D eigenvalue weighted by Crippen LogP contribution is 2.31. The smallest absolute Gasteiger partial charge is 0.132 e. The van der Waals surface area contributed by atoms with Crippen LogP contribution in [-0.4, -0.2) is 22.9 Å². The minimum absolute atomic E-state index is 0.291. The second-order valence-electron chi connectivity index (χ2n) is 4.29. The SMILES string of the molecule is N[C@@H](CO)C(O)(c1ccccc1)c1ccccc1. The van der Waals surface area contributed by atoms with Gasteiger partial charge in [0, 0.05) is 0 Å². The fourth-order valence-electron chi connectivity index (χ4n) is 2.11. The molecule has 94 valence electrons. The first kappa shape index (κ1) is 12.8. The molecule has 18 heavy (non-hydrogen) atoms. The molecule has 0 unspecified atom stereocenters. The summed E-state index contributed by atoms with van der Waals surface area (Å²) in [7, 11) is 0. The number of hydrogen-bond donors (Lipinski definition) is 3. The van der Waals surface area contributed by atoms with Crippen molar-refractivity contribution in [2.75, 3.05) is 6.61 Å². The Hall–Kier alpha value is -1.68. The molecule has 0 spiro atoms. The van der Waals surface area contributed by atoms with E-state index in [-0.39, 0.29) is 6.61 Å². The highest BCUT2D eigenvalue weighted by molar-refractivity contribution is 5.37. The molecule has 0 fully saturated rings. The Labute approximate surface area is 107 Å². The molecule has 0 bridgehead atoms. The zero-order valence-electron chi connectivity index (χ0n) is 10.0. The first-order valence-corrected chi connectivity index (χ1v) is 5.89. The number of aliphatic hydroxyl groups is 2. The van der Waals surface area contributed by atoms with E-state index in [0.717, 1.165) is 0 Å². The fourth-order valence-corrected chi connectivity index (χ4v) is 2.11. The topological polar surface area (TPSA) is 66.5 Å². The molecule has 0 radical (unpaired) electrons. The Morgan fingerprint density at radius 2 is 1.28 bits per heavy atom. The Bertz CT molecular complexity index is 445. The van der Waals surface area contributed by atoms with Gasteiger partial charge in [-0.3, -0.25) is 0 Å². The Morgan fingerprint density at radius 1 is 0.889 bits per heavy atom. The lowest BCUT2D eigenvalue weighted by atomic mass is 9.81. The van der Waals surface area contributed by atoms with Crippen LogP contribution in [0, 0.1) is 0 Å². The van der Waals surface area contributed by atoms with Crippen LogP contribution < -0.4 is 5.73 Å². The van der Waals surface area contributed by atoms with Crippen LogP contribution in [0.3, 0.4) is 0 Å². The summed E-state index contributed by atoms with van der Waals surface area (Å²) in [6, 6.07) is 17.6. The molecule has 0 aliphatic rings. The zero-order chi connectivity index (χ0) is 13.0. The molecular weight excluding hydrogens is 226 g/mol. The summed E-state index contributed by atoms with van der Waals surface area (Å²) in [4.78, 5) is 0. The van der Waals surface area contributed by atoms with Crippen LogP contribution in [0.4, 0.5) is 0 Å². The Kier molecular flexibility index (Phi) is 3.77. The van der Waals surface area contributed by atoms with Gasteiger partial charge in [0.15, 0.2) is 0 Å². The highest BCUT2D eigenvalue weighted by Gasteiger charge is 2.37. The van der Waals surface area contributed by atoms with Crippen LogP contribution in [0.15, 0.2) is 60.7 Å². The van der Waals surface area contributed by atoms with Gasteiger partial charge >= 0.3 is 0 Å². The standard InChI is InChI=1S/C15H17NO2/c16-14(11-17)15(18,12-7-3-1-4-8-12)13-9-5-2-6-10-13/h1-10,14,17-18H,11,16H2/t14-/m0/s1. The van der Waals surface area contributed by atoms with E-state index in [1.165, 1.54) is 0 Å². The van der Waals surface area contributed by atoms with Crippen molar-refractivity contribution >= 4 is 0 Å². The van der Waals surface area contributed by atoms with Crippen molar-refractivity contribution in [3.8, 4) is 0 Å². The van der Waals surface area contributed by atoms with E-state index in [1.807, 2.05) is 60.7 Å². The molecule has 3 nitrogen and oxygen atoms in total. The van der Waals surface area contributed by atoms with Crippen molar-refractivity contribution in [2.45, 2.75) is 11.6 Å². The predicted octanol–water partition coefficient (Wildman–Crippen LogP) is 1.24. The van der Waals surface area contributed by atoms with Crippen molar-refractivity contribution in [2.24, 2.45) is 5.73 Å². The molecule has 0 heterocycles. The third-order valence-electron chi connectivity index (χ3n) is 3.16. The second-order valence-corrected chi connectivity index (χ2v) is 4.29. The van der Waals surface area contributed by atoms with Gasteiger partial charge < -0.3 is 15.9 Å². The van der Waals surface area contributed by atoms with E-state index < -0.39 is 11.6 Å². The molecule has 2 aromatic carbocycles. The van der Waals surface area contributed by atoms with Crippen LogP contribution in [-0.2, 0) is 5.60 Å². The average molecular weight is 243 g/mol. The number of rotatable bonds is 4. The van der Waals surface area contributed by atoms with Gasteiger partial charge in [0.05, 0.1) is 12.6 Å². The lowest BCUT2D eigenvalue weighted by Crippen LogP contribution is -2.48.